The Hall–Kier alpha value is -3.94. The lowest BCUT2D eigenvalue weighted by atomic mass is 10.0. The van der Waals surface area contributed by atoms with Gasteiger partial charge in [-0.15, -0.1) is 0 Å². The fourth-order valence-corrected chi connectivity index (χ4v) is 4.42. The predicted molar refractivity (Wildman–Crippen MR) is 141 cm³/mol. The Bertz CT molecular complexity index is 1340. The van der Waals surface area contributed by atoms with Gasteiger partial charge in [-0.3, -0.25) is 9.69 Å². The summed E-state index contributed by atoms with van der Waals surface area (Å²) >= 11 is 0. The third kappa shape index (κ3) is 4.96. The molecule has 1 fully saturated rings. The van der Waals surface area contributed by atoms with Crippen LogP contribution in [0, 0.1) is 0 Å². The molecule has 0 aliphatic carbocycles. The van der Waals surface area contributed by atoms with E-state index in [0.717, 1.165) is 54.0 Å². The topological polar surface area (TPSA) is 84.0 Å². The van der Waals surface area contributed by atoms with Crippen molar-refractivity contribution < 1.29 is 9.90 Å². The number of rotatable bonds is 6. The Morgan fingerprint density at radius 1 is 0.971 bits per heavy atom. The predicted octanol–water partition coefficient (Wildman–Crippen LogP) is 3.91. The van der Waals surface area contributed by atoms with E-state index in [-0.39, 0.29) is 11.8 Å². The van der Waals surface area contributed by atoms with Crippen LogP contribution < -0.4 is 10.2 Å². The number of hydrogen-bond acceptors (Lipinski definition) is 5. The minimum Gasteiger partial charge on any atom is -0.494 e. The maximum Gasteiger partial charge on any atom is 0.240 e. The number of fused-ring (bicyclic) bond motifs is 1. The molecule has 7 heteroatoms. The molecule has 0 bridgehead atoms. The molecule has 1 aliphatic heterocycles. The number of anilines is 1. The molecule has 0 atom stereocenters. The van der Waals surface area contributed by atoms with Crippen molar-refractivity contribution in [2.75, 3.05) is 44.7 Å². The fraction of sp³-hybridized carbons (Fsp3) is 0.214. The van der Waals surface area contributed by atoms with Crippen molar-refractivity contribution >= 4 is 33.9 Å². The normalized spacial score (nSPS) is 14.8. The molecule has 0 saturated carbocycles. The van der Waals surface area contributed by atoms with E-state index >= 15 is 0 Å². The van der Waals surface area contributed by atoms with Crippen LogP contribution in [0.3, 0.4) is 0 Å². The number of H-pyrrole nitrogens is 1. The van der Waals surface area contributed by atoms with E-state index in [1.165, 1.54) is 0 Å². The van der Waals surface area contributed by atoms with E-state index in [2.05, 4.69) is 15.2 Å². The lowest BCUT2D eigenvalue weighted by molar-refractivity contribution is -0.119. The molecule has 5 rings (SSSR count). The maximum atomic E-state index is 12.8. The standard InChI is InChI=1S/C28H29N5O2/c1-32(25(34)19-33-17-15-29-16-18-33)22-13-11-21(12-14-22)30-27(20-7-3-2-4-8-20)26-23-9-5-6-10-24(23)31-28(26)35/h2-14,29,31,35H,15-19H2,1H3. The molecule has 3 N–H and O–H groups in total. The van der Waals surface area contributed by atoms with Gasteiger partial charge in [0.05, 0.1) is 23.5 Å². The highest BCUT2D eigenvalue weighted by Crippen LogP contribution is 2.31. The Balaban J connectivity index is 1.44. The summed E-state index contributed by atoms with van der Waals surface area (Å²) in [4.78, 5) is 24.6. The first-order chi connectivity index (χ1) is 17.1. The van der Waals surface area contributed by atoms with Gasteiger partial charge in [0.15, 0.2) is 5.88 Å². The van der Waals surface area contributed by atoms with Gasteiger partial charge >= 0.3 is 0 Å². The number of benzene rings is 3. The molecule has 7 nitrogen and oxygen atoms in total. The average molecular weight is 468 g/mol. The van der Waals surface area contributed by atoms with E-state index in [9.17, 15) is 9.90 Å². The number of aromatic nitrogens is 1. The Morgan fingerprint density at radius 3 is 2.40 bits per heavy atom. The molecule has 0 unspecified atom stereocenters. The van der Waals surface area contributed by atoms with Crippen LogP contribution in [0.5, 0.6) is 5.88 Å². The summed E-state index contributed by atoms with van der Waals surface area (Å²) in [5.74, 6) is 0.153. The lowest BCUT2D eigenvalue weighted by Gasteiger charge is -2.28. The van der Waals surface area contributed by atoms with E-state index < -0.39 is 0 Å². The Labute approximate surface area is 204 Å². The van der Waals surface area contributed by atoms with Gasteiger partial charge in [0, 0.05) is 55.4 Å². The van der Waals surface area contributed by atoms with E-state index in [4.69, 9.17) is 4.99 Å². The van der Waals surface area contributed by atoms with Gasteiger partial charge in [0.2, 0.25) is 5.91 Å². The summed E-state index contributed by atoms with van der Waals surface area (Å²) < 4.78 is 0. The van der Waals surface area contributed by atoms with Gasteiger partial charge < -0.3 is 20.3 Å². The lowest BCUT2D eigenvalue weighted by Crippen LogP contribution is -2.47. The van der Waals surface area contributed by atoms with Crippen LogP contribution in [-0.4, -0.2) is 66.4 Å². The molecule has 178 valence electrons. The second-order valence-corrected chi connectivity index (χ2v) is 8.72. The zero-order valence-corrected chi connectivity index (χ0v) is 19.7. The second kappa shape index (κ2) is 10.1. The largest absolute Gasteiger partial charge is 0.494 e. The third-order valence-corrected chi connectivity index (χ3v) is 6.39. The molecule has 35 heavy (non-hydrogen) atoms. The van der Waals surface area contributed by atoms with Crippen molar-refractivity contribution in [1.82, 2.24) is 15.2 Å². The van der Waals surface area contributed by atoms with Crippen molar-refractivity contribution in [3.63, 3.8) is 0 Å². The number of carbonyl (C=O) groups excluding carboxylic acids is 1. The molecular weight excluding hydrogens is 438 g/mol. The summed E-state index contributed by atoms with van der Waals surface area (Å²) in [5, 5.41) is 15.0. The highest BCUT2D eigenvalue weighted by atomic mass is 16.3. The van der Waals surface area contributed by atoms with Crippen LogP contribution in [0.4, 0.5) is 11.4 Å². The quantitative estimate of drug-likeness (QED) is 0.376. The number of nitrogens with one attached hydrogen (secondary N) is 2. The number of nitrogens with zero attached hydrogens (tertiary/aromatic N) is 3. The number of amides is 1. The number of aliphatic imine (C=N–C) groups is 1. The summed E-state index contributed by atoms with van der Waals surface area (Å²) in [7, 11) is 1.81. The van der Waals surface area contributed by atoms with Crippen LogP contribution in [0.15, 0.2) is 83.9 Å². The number of para-hydroxylation sites is 1. The summed E-state index contributed by atoms with van der Waals surface area (Å²) in [6.45, 7) is 4.02. The Kier molecular flexibility index (Phi) is 6.61. The highest BCUT2D eigenvalue weighted by Gasteiger charge is 2.19. The summed E-state index contributed by atoms with van der Waals surface area (Å²) in [6.07, 6.45) is 0. The molecule has 1 aliphatic rings. The van der Waals surface area contributed by atoms with Gasteiger partial charge in [-0.2, -0.15) is 0 Å². The minimum absolute atomic E-state index is 0.0665. The molecule has 0 radical (unpaired) electrons. The first-order valence-corrected chi connectivity index (χ1v) is 11.8. The van der Waals surface area contributed by atoms with Crippen molar-refractivity contribution in [2.24, 2.45) is 4.99 Å². The van der Waals surface area contributed by atoms with Gasteiger partial charge in [0.25, 0.3) is 0 Å². The van der Waals surface area contributed by atoms with Gasteiger partial charge in [0.1, 0.15) is 0 Å². The number of piperazine rings is 1. The van der Waals surface area contributed by atoms with E-state index in [1.807, 2.05) is 85.9 Å². The Morgan fingerprint density at radius 2 is 1.66 bits per heavy atom. The SMILES string of the molecule is CN(C(=O)CN1CCNCC1)c1ccc(N=C(c2ccccc2)c2c(O)[nH]c3ccccc23)cc1. The van der Waals surface area contributed by atoms with Crippen molar-refractivity contribution in [3.8, 4) is 5.88 Å². The number of hydrogen-bond donors (Lipinski definition) is 3. The molecular formula is C28H29N5O2. The molecule has 1 saturated heterocycles. The van der Waals surface area contributed by atoms with Crippen LogP contribution in [0.25, 0.3) is 10.9 Å². The van der Waals surface area contributed by atoms with Gasteiger partial charge in [-0.1, -0.05) is 48.5 Å². The number of likely N-dealkylation sites (N-methyl/N-ethyl adjacent to an activating group) is 1. The highest BCUT2D eigenvalue weighted by molar-refractivity contribution is 6.21. The smallest absolute Gasteiger partial charge is 0.240 e. The minimum atomic E-state index is 0.0665. The molecule has 4 aromatic rings. The number of aromatic hydroxyl groups is 1. The number of carbonyl (C=O) groups is 1. The van der Waals surface area contributed by atoms with E-state index in [1.54, 1.807) is 4.90 Å². The zero-order chi connectivity index (χ0) is 24.2. The molecule has 0 spiro atoms. The van der Waals surface area contributed by atoms with Gasteiger partial charge in [-0.25, -0.2) is 4.99 Å². The van der Waals surface area contributed by atoms with Crippen LogP contribution in [0.1, 0.15) is 11.1 Å². The van der Waals surface area contributed by atoms with Crippen molar-refractivity contribution in [1.29, 1.82) is 0 Å². The van der Waals surface area contributed by atoms with E-state index in [0.29, 0.717) is 17.8 Å². The summed E-state index contributed by atoms with van der Waals surface area (Å²) in [6, 6.07) is 25.2. The zero-order valence-electron chi connectivity index (χ0n) is 19.7. The van der Waals surface area contributed by atoms with Crippen LogP contribution in [-0.2, 0) is 4.79 Å². The second-order valence-electron chi connectivity index (χ2n) is 8.72. The van der Waals surface area contributed by atoms with Crippen LogP contribution >= 0.6 is 0 Å². The van der Waals surface area contributed by atoms with Crippen LogP contribution in [0.2, 0.25) is 0 Å². The first-order valence-electron chi connectivity index (χ1n) is 11.8. The first kappa shape index (κ1) is 22.8. The summed E-state index contributed by atoms with van der Waals surface area (Å²) in [5.41, 5.74) is 4.65. The molecule has 3 aromatic carbocycles. The molecule has 1 amide bonds. The maximum absolute atomic E-state index is 12.8. The number of aromatic amines is 1. The van der Waals surface area contributed by atoms with Gasteiger partial charge in [-0.05, 0) is 30.3 Å². The molecule has 2 heterocycles. The van der Waals surface area contributed by atoms with Crippen molar-refractivity contribution in [2.45, 2.75) is 0 Å². The van der Waals surface area contributed by atoms with Crippen molar-refractivity contribution in [3.05, 3.63) is 90.0 Å². The molecule has 1 aromatic heterocycles. The third-order valence-electron chi connectivity index (χ3n) is 6.39. The monoisotopic (exact) mass is 467 g/mol. The average Bonchev–Trinajstić information content (AvgIpc) is 3.23. The fourth-order valence-electron chi connectivity index (χ4n) is 4.42.